The molecule has 3 N–H and O–H groups in total. The molecule has 2 aliphatic carbocycles. The molecule has 25 heavy (non-hydrogen) atoms. The van der Waals surface area contributed by atoms with E-state index in [9.17, 15) is 0 Å². The molecular weight excluding hydrogens is 523 g/mol. The Balaban J connectivity index is 0.000000173. The molecule has 0 saturated heterocycles. The molecule has 2 aromatic heterocycles. The summed E-state index contributed by atoms with van der Waals surface area (Å²) in [5.74, 6) is 0. The van der Waals surface area contributed by atoms with Crippen LogP contribution in [0.15, 0.2) is 24.3 Å². The van der Waals surface area contributed by atoms with Gasteiger partial charge in [-0.15, -0.1) is 0 Å². The second kappa shape index (κ2) is 9.55. The maximum absolute atomic E-state index is 7.79. The molecule has 2 aliphatic rings. The molecule has 0 saturated carbocycles. The van der Waals surface area contributed by atoms with Gasteiger partial charge in [-0.05, 0) is 62.8 Å². The first kappa shape index (κ1) is 21.0. The Morgan fingerprint density at radius 2 is 1.40 bits per heavy atom. The summed E-state index contributed by atoms with van der Waals surface area (Å²) in [6.07, 6.45) is 6.67. The van der Waals surface area contributed by atoms with Crippen molar-refractivity contribution in [2.75, 3.05) is 0 Å². The first-order chi connectivity index (χ1) is 11.5. The maximum Gasteiger partial charge on any atom is 0.0606 e. The fraction of sp³-hybridized carbons (Fsp3) is 0.500. The molecule has 4 nitrogen and oxygen atoms in total. The summed E-state index contributed by atoms with van der Waals surface area (Å²) in [6, 6.07) is 8.49. The predicted octanol–water partition coefficient (Wildman–Crippen LogP) is 4.55. The van der Waals surface area contributed by atoms with Crippen LogP contribution in [0, 0.1) is 57.9 Å². The average molecular weight is 550 g/mol. The van der Waals surface area contributed by atoms with Crippen LogP contribution in [0.2, 0.25) is 0 Å². The molecule has 0 aromatic carbocycles. The quantitative estimate of drug-likeness (QED) is 0.524. The van der Waals surface area contributed by atoms with E-state index in [2.05, 4.69) is 28.2 Å². The SMILES string of the molecule is Cc1ccc2c(n1)[C@@H](N)CCC2.Cc1ccc2c(n1)[C@H]([NH-])CCC2.[Ac]. The van der Waals surface area contributed by atoms with Crippen molar-refractivity contribution >= 4 is 0 Å². The predicted molar refractivity (Wildman–Crippen MR) is 97.8 cm³/mol. The van der Waals surface area contributed by atoms with Gasteiger partial charge in [0.15, 0.2) is 0 Å². The number of nitrogens with one attached hydrogen (secondary N) is 1. The van der Waals surface area contributed by atoms with Crippen molar-refractivity contribution in [1.82, 2.24) is 9.97 Å². The molecule has 2 heterocycles. The number of hydrogen-bond donors (Lipinski definition) is 1. The minimum absolute atomic E-state index is 0. The molecule has 0 bridgehead atoms. The molecular formula is C20H27AcN4-. The van der Waals surface area contributed by atoms with Gasteiger partial charge in [-0.1, -0.05) is 31.0 Å². The monoisotopic (exact) mass is 550 g/mol. The Morgan fingerprint density at radius 1 is 0.880 bits per heavy atom. The fourth-order valence-electron chi connectivity index (χ4n) is 3.54. The molecule has 4 rings (SSSR count). The van der Waals surface area contributed by atoms with Gasteiger partial charge in [0.1, 0.15) is 0 Å². The number of rotatable bonds is 0. The van der Waals surface area contributed by atoms with Gasteiger partial charge in [-0.2, -0.15) is 0 Å². The first-order valence-corrected chi connectivity index (χ1v) is 8.94. The molecule has 1 radical (unpaired) electrons. The normalized spacial score (nSPS) is 21.1. The van der Waals surface area contributed by atoms with Crippen LogP contribution >= 0.6 is 0 Å². The zero-order valence-electron chi connectivity index (χ0n) is 15.3. The summed E-state index contributed by atoms with van der Waals surface area (Å²) in [7, 11) is 0. The topological polar surface area (TPSA) is 75.6 Å². The summed E-state index contributed by atoms with van der Waals surface area (Å²) >= 11 is 0. The van der Waals surface area contributed by atoms with Crippen molar-refractivity contribution in [3.8, 4) is 0 Å². The van der Waals surface area contributed by atoms with E-state index in [4.69, 9.17) is 11.5 Å². The van der Waals surface area contributed by atoms with E-state index in [0.29, 0.717) is 0 Å². The molecule has 0 amide bonds. The molecule has 2 aromatic rings. The van der Waals surface area contributed by atoms with E-state index in [-0.39, 0.29) is 56.1 Å². The Labute approximate surface area is 186 Å². The van der Waals surface area contributed by atoms with Crippen LogP contribution in [0.25, 0.3) is 5.73 Å². The van der Waals surface area contributed by atoms with E-state index in [1.165, 1.54) is 17.5 Å². The van der Waals surface area contributed by atoms with Gasteiger partial charge in [-0.25, -0.2) is 0 Å². The molecule has 0 spiro atoms. The summed E-state index contributed by atoms with van der Waals surface area (Å²) in [4.78, 5) is 8.88. The summed E-state index contributed by atoms with van der Waals surface area (Å²) in [5.41, 5.74) is 20.6. The summed E-state index contributed by atoms with van der Waals surface area (Å²) in [6.45, 7) is 4.00. The van der Waals surface area contributed by atoms with Gasteiger partial charge < -0.3 is 11.5 Å². The van der Waals surface area contributed by atoms with Crippen molar-refractivity contribution < 1.29 is 44.1 Å². The van der Waals surface area contributed by atoms with Crippen LogP contribution in [0.3, 0.4) is 0 Å². The molecule has 0 fully saturated rings. The third-order valence-corrected chi connectivity index (χ3v) is 4.88. The second-order valence-corrected chi connectivity index (χ2v) is 6.94. The molecule has 5 heteroatoms. The second-order valence-electron chi connectivity index (χ2n) is 6.94. The van der Waals surface area contributed by atoms with Crippen LogP contribution in [0.4, 0.5) is 0 Å². The number of hydrogen-bond acceptors (Lipinski definition) is 3. The largest absolute Gasteiger partial charge is 0.670 e. The van der Waals surface area contributed by atoms with Crippen molar-refractivity contribution in [3.63, 3.8) is 0 Å². The third kappa shape index (κ3) is 5.33. The number of aromatic nitrogens is 2. The Kier molecular flexibility index (Phi) is 8.01. The van der Waals surface area contributed by atoms with Crippen LogP contribution in [0.5, 0.6) is 0 Å². The van der Waals surface area contributed by atoms with Gasteiger partial charge >= 0.3 is 0 Å². The standard InChI is InChI=1S/C10H14N2.C10H13N2.Ac/c2*1-7-5-6-8-3-2-4-9(11)10(8)12-7;/h5-6,9H,2-4,11H2,1H3;5-6,9,11H,2-4H2,1H3;/q;-1;/t2*9-;/m01./s1. The maximum atomic E-state index is 7.79. The van der Waals surface area contributed by atoms with Gasteiger partial charge in [0.2, 0.25) is 0 Å². The van der Waals surface area contributed by atoms with Gasteiger partial charge in [0.05, 0.1) is 5.69 Å². The number of aryl methyl sites for hydroxylation is 4. The van der Waals surface area contributed by atoms with E-state index < -0.39 is 0 Å². The minimum Gasteiger partial charge on any atom is -0.670 e. The van der Waals surface area contributed by atoms with E-state index in [0.717, 1.165) is 54.9 Å². The van der Waals surface area contributed by atoms with Crippen LogP contribution in [-0.2, 0) is 12.8 Å². The average Bonchev–Trinajstić information content (AvgIpc) is 2.57. The number of fused-ring (bicyclic) bond motifs is 2. The minimum atomic E-state index is -0.0753. The zero-order chi connectivity index (χ0) is 17.1. The Bertz CT molecular complexity index is 655. The van der Waals surface area contributed by atoms with Crippen molar-refractivity contribution in [1.29, 1.82) is 0 Å². The van der Waals surface area contributed by atoms with Gasteiger partial charge in [0, 0.05) is 67.2 Å². The molecule has 2 atom stereocenters. The molecule has 0 aliphatic heterocycles. The van der Waals surface area contributed by atoms with Crippen molar-refractivity contribution in [2.24, 2.45) is 5.73 Å². The number of nitrogens with zero attached hydrogens (tertiary/aromatic N) is 2. The van der Waals surface area contributed by atoms with Crippen molar-refractivity contribution in [2.45, 2.75) is 64.5 Å². The molecule has 0 unspecified atom stereocenters. The van der Waals surface area contributed by atoms with E-state index >= 15 is 0 Å². The number of pyridine rings is 2. The van der Waals surface area contributed by atoms with E-state index in [1.807, 2.05) is 19.9 Å². The Hall–Kier alpha value is -0.338. The zero-order valence-corrected chi connectivity index (χ0v) is 20.0. The van der Waals surface area contributed by atoms with E-state index in [1.54, 1.807) is 0 Å². The first-order valence-electron chi connectivity index (χ1n) is 8.94. The van der Waals surface area contributed by atoms with Crippen molar-refractivity contribution in [3.05, 3.63) is 63.9 Å². The summed E-state index contributed by atoms with van der Waals surface area (Å²) in [5, 5.41) is 0. The molecule has 131 valence electrons. The van der Waals surface area contributed by atoms with Gasteiger partial charge in [0.25, 0.3) is 0 Å². The summed E-state index contributed by atoms with van der Waals surface area (Å²) < 4.78 is 0. The number of nitrogens with two attached hydrogens (primary N) is 1. The van der Waals surface area contributed by atoms with Crippen LogP contribution < -0.4 is 5.73 Å². The fourth-order valence-corrected chi connectivity index (χ4v) is 3.54. The Morgan fingerprint density at radius 3 is 2.04 bits per heavy atom. The third-order valence-electron chi connectivity index (χ3n) is 4.88. The van der Waals surface area contributed by atoms with Gasteiger partial charge in [-0.3, -0.25) is 9.97 Å². The van der Waals surface area contributed by atoms with Crippen LogP contribution in [0.1, 0.15) is 71.7 Å². The van der Waals surface area contributed by atoms with Crippen LogP contribution in [-0.4, -0.2) is 9.97 Å². The smallest absolute Gasteiger partial charge is 0.0606 e.